The predicted molar refractivity (Wildman–Crippen MR) is 109 cm³/mol. The summed E-state index contributed by atoms with van der Waals surface area (Å²) >= 11 is 0. The van der Waals surface area contributed by atoms with Gasteiger partial charge in [-0.15, -0.1) is 0 Å². The summed E-state index contributed by atoms with van der Waals surface area (Å²) in [4.78, 5) is 40.6. The van der Waals surface area contributed by atoms with Gasteiger partial charge in [-0.25, -0.2) is 4.79 Å². The normalized spacial score (nSPS) is 14.3. The Balaban J connectivity index is 1.97. The minimum atomic E-state index is -0.328. The van der Waals surface area contributed by atoms with Crippen LogP contribution < -0.4 is 16.6 Å². The fourth-order valence-corrected chi connectivity index (χ4v) is 4.32. The Labute approximate surface area is 160 Å². The Hall–Kier alpha value is -3.19. The van der Waals surface area contributed by atoms with Gasteiger partial charge in [0.15, 0.2) is 0 Å². The van der Waals surface area contributed by atoms with Gasteiger partial charge in [-0.1, -0.05) is 12.1 Å². The zero-order chi connectivity index (χ0) is 19.6. The molecule has 28 heavy (non-hydrogen) atoms. The maximum atomic E-state index is 13.3. The van der Waals surface area contributed by atoms with Gasteiger partial charge >= 0.3 is 5.69 Å². The van der Waals surface area contributed by atoms with Crippen LogP contribution in [-0.4, -0.2) is 47.0 Å². The molecule has 3 heterocycles. The van der Waals surface area contributed by atoms with E-state index in [4.69, 9.17) is 0 Å². The van der Waals surface area contributed by atoms with Crippen molar-refractivity contribution in [2.45, 2.75) is 13.0 Å². The van der Waals surface area contributed by atoms with Gasteiger partial charge < -0.3 is 10.2 Å². The number of benzene rings is 2. The molecular weight excluding hydrogens is 356 g/mol. The third-order valence-electron chi connectivity index (χ3n) is 5.63. The summed E-state index contributed by atoms with van der Waals surface area (Å²) in [5, 5.41) is 5.15. The van der Waals surface area contributed by atoms with E-state index in [0.717, 1.165) is 21.9 Å². The molecule has 0 spiro atoms. The van der Waals surface area contributed by atoms with Crippen LogP contribution in [0.3, 0.4) is 0 Å². The monoisotopic (exact) mass is 376 g/mol. The highest BCUT2D eigenvalue weighted by molar-refractivity contribution is 6.17. The number of aromatic nitrogens is 2. The quantitative estimate of drug-likeness (QED) is 0.580. The second-order valence-corrected chi connectivity index (χ2v) is 7.57. The second-order valence-electron chi connectivity index (χ2n) is 7.57. The summed E-state index contributed by atoms with van der Waals surface area (Å²) in [6.07, 6.45) is 0.703. The molecule has 1 amide bonds. The van der Waals surface area contributed by atoms with Gasteiger partial charge in [-0.05, 0) is 44.3 Å². The fourth-order valence-electron chi connectivity index (χ4n) is 4.32. The molecule has 7 heteroatoms. The van der Waals surface area contributed by atoms with Crippen LogP contribution in [0.5, 0.6) is 0 Å². The smallest absolute Gasteiger partial charge is 0.336 e. The molecule has 142 valence electrons. The molecule has 1 N–H and O–H groups in total. The van der Waals surface area contributed by atoms with Crippen LogP contribution in [0.25, 0.3) is 27.2 Å². The number of hydrogen-bond acceptors (Lipinski definition) is 4. The minimum Gasteiger partial charge on any atom is -0.352 e. The highest BCUT2D eigenvalue weighted by Crippen LogP contribution is 2.34. The van der Waals surface area contributed by atoms with E-state index < -0.39 is 0 Å². The second kappa shape index (κ2) is 5.90. The third kappa shape index (κ3) is 2.16. The number of carbonyl (C=O) groups excluding carboxylic acids is 1. The van der Waals surface area contributed by atoms with Crippen molar-refractivity contribution in [1.29, 1.82) is 0 Å². The van der Waals surface area contributed by atoms with Crippen molar-refractivity contribution in [3.05, 3.63) is 62.3 Å². The fraction of sp³-hybridized carbons (Fsp3) is 0.286. The van der Waals surface area contributed by atoms with Gasteiger partial charge in [-0.2, -0.15) is 0 Å². The summed E-state index contributed by atoms with van der Waals surface area (Å²) in [7, 11) is 3.82. The number of para-hydroxylation sites is 1. The summed E-state index contributed by atoms with van der Waals surface area (Å²) in [6, 6.07) is 9.15. The Bertz CT molecular complexity index is 1380. The zero-order valence-electron chi connectivity index (χ0n) is 15.8. The number of nitrogens with one attached hydrogen (secondary N) is 1. The highest BCUT2D eigenvalue weighted by Gasteiger charge is 2.25. The molecule has 0 unspecified atom stereocenters. The van der Waals surface area contributed by atoms with E-state index in [1.165, 1.54) is 4.57 Å². The van der Waals surface area contributed by atoms with Crippen LogP contribution in [0.2, 0.25) is 0 Å². The number of rotatable bonds is 3. The van der Waals surface area contributed by atoms with Crippen molar-refractivity contribution in [1.82, 2.24) is 19.2 Å². The van der Waals surface area contributed by atoms with E-state index in [-0.39, 0.29) is 17.2 Å². The van der Waals surface area contributed by atoms with E-state index in [1.54, 1.807) is 16.5 Å². The molecule has 0 atom stereocenters. The summed E-state index contributed by atoms with van der Waals surface area (Å²) in [5.74, 6) is -0.0925. The number of carbonyl (C=O) groups is 1. The SMILES string of the molecule is CN(C)CCn1c(=O)c2cccc3c4c5c(ccc4n(c1=O)c23)C(=O)NCC5. The average Bonchev–Trinajstić information content (AvgIpc) is 3.02. The van der Waals surface area contributed by atoms with Gasteiger partial charge in [0.05, 0.1) is 16.4 Å². The third-order valence-corrected chi connectivity index (χ3v) is 5.63. The van der Waals surface area contributed by atoms with Crippen LogP contribution >= 0.6 is 0 Å². The molecule has 4 aromatic rings. The molecular formula is C21H20N4O3. The molecule has 0 radical (unpaired) electrons. The molecule has 2 aromatic heterocycles. The van der Waals surface area contributed by atoms with E-state index in [1.807, 2.05) is 37.2 Å². The van der Waals surface area contributed by atoms with Crippen molar-refractivity contribution in [2.75, 3.05) is 27.2 Å². The lowest BCUT2D eigenvalue weighted by atomic mass is 9.95. The topological polar surface area (TPSA) is 75.8 Å². The van der Waals surface area contributed by atoms with Gasteiger partial charge in [0, 0.05) is 36.0 Å². The van der Waals surface area contributed by atoms with E-state index in [2.05, 4.69) is 5.32 Å². The maximum absolute atomic E-state index is 13.3. The number of amides is 1. The molecule has 0 saturated heterocycles. The van der Waals surface area contributed by atoms with Gasteiger partial charge in [0.2, 0.25) is 0 Å². The zero-order valence-corrected chi connectivity index (χ0v) is 15.8. The highest BCUT2D eigenvalue weighted by atomic mass is 16.2. The Morgan fingerprint density at radius 2 is 1.86 bits per heavy atom. The summed E-state index contributed by atoms with van der Waals surface area (Å²) in [5.41, 5.74) is 2.40. The van der Waals surface area contributed by atoms with Crippen molar-refractivity contribution in [3.8, 4) is 0 Å². The first-order valence-corrected chi connectivity index (χ1v) is 9.37. The number of fused-ring (bicyclic) bond motifs is 5. The molecule has 0 fully saturated rings. The van der Waals surface area contributed by atoms with Gasteiger partial charge in [0.1, 0.15) is 0 Å². The average molecular weight is 376 g/mol. The predicted octanol–water partition coefficient (Wildman–Crippen LogP) is 1.05. The lowest BCUT2D eigenvalue weighted by Gasteiger charge is -2.17. The standard InChI is InChI=1S/C21H20N4O3/c1-23(2)10-11-24-20(27)15-5-3-4-14-17-12-8-9-22-19(26)13(12)6-7-16(17)25(18(14)15)21(24)28/h3-7H,8-11H2,1-2H3,(H,22,26). The molecule has 0 saturated carbocycles. The summed E-state index contributed by atoms with van der Waals surface area (Å²) < 4.78 is 2.96. The number of nitrogens with zero attached hydrogens (tertiary/aromatic N) is 3. The van der Waals surface area contributed by atoms with E-state index >= 15 is 0 Å². The molecule has 5 rings (SSSR count). The van der Waals surface area contributed by atoms with Crippen LogP contribution in [0.4, 0.5) is 0 Å². The maximum Gasteiger partial charge on any atom is 0.336 e. The van der Waals surface area contributed by atoms with E-state index in [0.29, 0.717) is 42.5 Å². The lowest BCUT2D eigenvalue weighted by molar-refractivity contribution is 0.0946. The molecule has 7 nitrogen and oxygen atoms in total. The van der Waals surface area contributed by atoms with Crippen LogP contribution in [0.15, 0.2) is 39.9 Å². The van der Waals surface area contributed by atoms with Crippen molar-refractivity contribution < 1.29 is 4.79 Å². The Morgan fingerprint density at radius 1 is 1.07 bits per heavy atom. The first-order chi connectivity index (χ1) is 13.5. The Morgan fingerprint density at radius 3 is 2.64 bits per heavy atom. The van der Waals surface area contributed by atoms with Crippen LogP contribution in [0, 0.1) is 0 Å². The van der Waals surface area contributed by atoms with Gasteiger partial charge in [-0.3, -0.25) is 18.6 Å². The molecule has 2 aromatic carbocycles. The van der Waals surface area contributed by atoms with Crippen molar-refractivity contribution >= 4 is 33.1 Å². The van der Waals surface area contributed by atoms with Crippen LogP contribution in [0.1, 0.15) is 15.9 Å². The molecule has 0 aliphatic carbocycles. The first-order valence-electron chi connectivity index (χ1n) is 9.37. The van der Waals surface area contributed by atoms with Gasteiger partial charge in [0.25, 0.3) is 11.5 Å². The molecule has 1 aliphatic rings. The van der Waals surface area contributed by atoms with Crippen LogP contribution in [-0.2, 0) is 13.0 Å². The van der Waals surface area contributed by atoms with Crippen molar-refractivity contribution in [2.24, 2.45) is 0 Å². The minimum absolute atomic E-state index is 0.0925. The number of likely N-dealkylation sites (N-methyl/N-ethyl adjacent to an activating group) is 1. The first kappa shape index (κ1) is 16.9. The van der Waals surface area contributed by atoms with Crippen molar-refractivity contribution in [3.63, 3.8) is 0 Å². The summed E-state index contributed by atoms with van der Waals surface area (Å²) in [6.45, 7) is 1.49. The number of hydrogen-bond donors (Lipinski definition) is 1. The Kier molecular flexibility index (Phi) is 3.57. The van der Waals surface area contributed by atoms with E-state index in [9.17, 15) is 14.4 Å². The lowest BCUT2D eigenvalue weighted by Crippen LogP contribution is -2.39. The molecule has 1 aliphatic heterocycles. The molecule has 0 bridgehead atoms. The largest absolute Gasteiger partial charge is 0.352 e.